The number of piperidine rings is 1. The van der Waals surface area contributed by atoms with Crippen LogP contribution in [0.2, 0.25) is 10.0 Å². The number of halogens is 2. The molecule has 4 rings (SSSR count). The Balaban J connectivity index is 1.53. The first-order chi connectivity index (χ1) is 12.1. The van der Waals surface area contributed by atoms with Crippen LogP contribution in [0.25, 0.3) is 0 Å². The average Bonchev–Trinajstić information content (AvgIpc) is 2.92. The normalized spacial score (nSPS) is 28.2. The molecule has 1 aromatic heterocycles. The average molecular weight is 382 g/mol. The van der Waals surface area contributed by atoms with Gasteiger partial charge in [-0.2, -0.15) is 0 Å². The quantitative estimate of drug-likeness (QED) is 0.754. The molecule has 6 heteroatoms. The summed E-state index contributed by atoms with van der Waals surface area (Å²) in [7, 11) is 0. The number of carbonyl (C=O) groups is 1. The maximum atomic E-state index is 13.3. The van der Waals surface area contributed by atoms with Gasteiger partial charge in [-0.25, -0.2) is 4.98 Å². The predicted molar refractivity (Wildman–Crippen MR) is 101 cm³/mol. The number of anilines is 1. The molecule has 4 nitrogen and oxygen atoms in total. The minimum absolute atomic E-state index is 0.250. The molecule has 1 atom stereocenters. The molecule has 1 spiro atoms. The molecule has 1 unspecified atom stereocenters. The van der Waals surface area contributed by atoms with Crippen molar-refractivity contribution in [3.63, 3.8) is 0 Å². The Labute approximate surface area is 159 Å². The zero-order valence-electron chi connectivity index (χ0n) is 14.5. The summed E-state index contributed by atoms with van der Waals surface area (Å²) >= 11 is 12.3. The van der Waals surface area contributed by atoms with Crippen molar-refractivity contribution in [1.29, 1.82) is 0 Å². The van der Waals surface area contributed by atoms with E-state index in [-0.39, 0.29) is 5.41 Å². The lowest BCUT2D eigenvalue weighted by Crippen LogP contribution is -2.50. The van der Waals surface area contributed by atoms with E-state index in [4.69, 9.17) is 23.2 Å². The van der Waals surface area contributed by atoms with Gasteiger partial charge in [-0.3, -0.25) is 4.79 Å². The Kier molecular flexibility index (Phi) is 4.85. The fraction of sp³-hybridized carbons (Fsp3) is 0.684. The van der Waals surface area contributed by atoms with Crippen LogP contribution < -0.4 is 4.90 Å². The van der Waals surface area contributed by atoms with E-state index < -0.39 is 0 Å². The molecule has 0 bridgehead atoms. The molecule has 0 N–H and O–H groups in total. The highest BCUT2D eigenvalue weighted by atomic mass is 35.5. The number of amides is 1. The molecule has 1 saturated carbocycles. The third kappa shape index (κ3) is 3.23. The summed E-state index contributed by atoms with van der Waals surface area (Å²) in [6.07, 6.45) is 10.8. The van der Waals surface area contributed by atoms with Crippen LogP contribution in [0.15, 0.2) is 12.3 Å². The van der Waals surface area contributed by atoms with Crippen molar-refractivity contribution < 1.29 is 4.79 Å². The number of pyridine rings is 1. The van der Waals surface area contributed by atoms with Crippen LogP contribution >= 0.6 is 23.2 Å². The molecule has 1 aliphatic carbocycles. The van der Waals surface area contributed by atoms with Crippen molar-refractivity contribution in [3.05, 3.63) is 22.3 Å². The van der Waals surface area contributed by atoms with Gasteiger partial charge in [0, 0.05) is 31.9 Å². The molecule has 2 aliphatic heterocycles. The lowest BCUT2D eigenvalue weighted by molar-refractivity contribution is -0.138. The summed E-state index contributed by atoms with van der Waals surface area (Å²) in [5.41, 5.74) is -0.250. The zero-order valence-corrected chi connectivity index (χ0v) is 16.0. The van der Waals surface area contributed by atoms with Gasteiger partial charge in [0.15, 0.2) is 0 Å². The first-order valence-corrected chi connectivity index (χ1v) is 10.2. The Morgan fingerprint density at radius 1 is 1.08 bits per heavy atom. The Morgan fingerprint density at radius 3 is 2.64 bits per heavy atom. The van der Waals surface area contributed by atoms with Crippen LogP contribution in [-0.4, -0.2) is 41.5 Å². The molecule has 136 valence electrons. The lowest BCUT2D eigenvalue weighted by atomic mass is 9.78. The smallest absolute Gasteiger partial charge is 0.230 e. The number of rotatable bonds is 2. The second-order valence-corrected chi connectivity index (χ2v) is 8.65. The molecule has 3 fully saturated rings. The number of aromatic nitrogens is 1. The van der Waals surface area contributed by atoms with Gasteiger partial charge in [-0.05, 0) is 38.2 Å². The third-order valence-corrected chi connectivity index (χ3v) is 6.71. The van der Waals surface area contributed by atoms with Gasteiger partial charge < -0.3 is 9.80 Å². The van der Waals surface area contributed by atoms with E-state index in [2.05, 4.69) is 14.8 Å². The highest BCUT2D eigenvalue weighted by Gasteiger charge is 2.50. The topological polar surface area (TPSA) is 36.4 Å². The number of nitrogens with zero attached hydrogens (tertiary/aromatic N) is 3. The van der Waals surface area contributed by atoms with E-state index in [0.29, 0.717) is 22.0 Å². The molecule has 1 amide bonds. The maximum absolute atomic E-state index is 13.3. The monoisotopic (exact) mass is 381 g/mol. The number of hydrogen-bond acceptors (Lipinski definition) is 3. The summed E-state index contributed by atoms with van der Waals surface area (Å²) in [4.78, 5) is 22.1. The fourth-order valence-electron chi connectivity index (χ4n) is 4.92. The van der Waals surface area contributed by atoms with Crippen molar-refractivity contribution in [2.75, 3.05) is 24.5 Å². The van der Waals surface area contributed by atoms with Crippen LogP contribution in [0.4, 0.5) is 5.82 Å². The Hall–Kier alpha value is -1.000. The van der Waals surface area contributed by atoms with E-state index in [1.807, 2.05) is 0 Å². The first kappa shape index (κ1) is 17.4. The first-order valence-electron chi connectivity index (χ1n) is 9.46. The van der Waals surface area contributed by atoms with E-state index in [9.17, 15) is 4.79 Å². The second kappa shape index (κ2) is 6.96. The van der Waals surface area contributed by atoms with Crippen LogP contribution in [0.1, 0.15) is 51.4 Å². The fourth-order valence-corrected chi connectivity index (χ4v) is 5.42. The van der Waals surface area contributed by atoms with Gasteiger partial charge in [-0.1, -0.05) is 42.5 Å². The van der Waals surface area contributed by atoms with Gasteiger partial charge in [0.05, 0.1) is 15.5 Å². The summed E-state index contributed by atoms with van der Waals surface area (Å²) < 4.78 is 0. The van der Waals surface area contributed by atoms with Crippen molar-refractivity contribution >= 4 is 34.9 Å². The van der Waals surface area contributed by atoms with Crippen LogP contribution in [-0.2, 0) is 4.79 Å². The van der Waals surface area contributed by atoms with Gasteiger partial charge in [0.1, 0.15) is 5.82 Å². The highest BCUT2D eigenvalue weighted by molar-refractivity contribution is 6.36. The molecule has 25 heavy (non-hydrogen) atoms. The molecule has 3 aliphatic rings. The second-order valence-electron chi connectivity index (χ2n) is 7.80. The summed E-state index contributed by atoms with van der Waals surface area (Å²) in [5, 5.41) is 1.11. The summed E-state index contributed by atoms with van der Waals surface area (Å²) in [5.74, 6) is 1.13. The van der Waals surface area contributed by atoms with Crippen molar-refractivity contribution in [2.24, 2.45) is 5.41 Å². The van der Waals surface area contributed by atoms with Gasteiger partial charge in [0.2, 0.25) is 5.91 Å². The van der Waals surface area contributed by atoms with Crippen LogP contribution in [0, 0.1) is 5.41 Å². The van der Waals surface area contributed by atoms with Crippen molar-refractivity contribution in [1.82, 2.24) is 9.88 Å². The zero-order chi connectivity index (χ0) is 17.4. The SMILES string of the molecule is O=C1N(C2CCCCC2)CCC12CCCN(c1ncc(Cl)cc1Cl)C2. The molecule has 2 saturated heterocycles. The van der Waals surface area contributed by atoms with Gasteiger partial charge in [0.25, 0.3) is 0 Å². The van der Waals surface area contributed by atoms with Crippen molar-refractivity contribution in [3.8, 4) is 0 Å². The van der Waals surface area contributed by atoms with E-state index in [1.165, 1.54) is 32.1 Å². The highest BCUT2D eigenvalue weighted by Crippen LogP contribution is 2.44. The lowest BCUT2D eigenvalue weighted by Gasteiger charge is -2.41. The van der Waals surface area contributed by atoms with E-state index in [1.54, 1.807) is 12.3 Å². The minimum Gasteiger partial charge on any atom is -0.354 e. The Bertz CT molecular complexity index is 662. The molecule has 0 aromatic carbocycles. The summed E-state index contributed by atoms with van der Waals surface area (Å²) in [6.45, 7) is 2.54. The van der Waals surface area contributed by atoms with Gasteiger partial charge >= 0.3 is 0 Å². The molecular formula is C19H25Cl2N3O. The number of likely N-dealkylation sites (tertiary alicyclic amines) is 1. The predicted octanol–water partition coefficient (Wildman–Crippen LogP) is 4.54. The van der Waals surface area contributed by atoms with E-state index in [0.717, 1.165) is 44.7 Å². The van der Waals surface area contributed by atoms with Crippen LogP contribution in [0.5, 0.6) is 0 Å². The third-order valence-electron chi connectivity index (χ3n) is 6.23. The standard InChI is InChI=1S/C19H25Cl2N3O/c20-14-11-16(21)17(22-12-14)23-9-4-7-19(13-23)8-10-24(18(19)25)15-5-2-1-3-6-15/h11-12,15H,1-10,13H2. The molecular weight excluding hydrogens is 357 g/mol. The molecule has 1 aromatic rings. The number of hydrogen-bond donors (Lipinski definition) is 0. The summed E-state index contributed by atoms with van der Waals surface area (Å²) in [6, 6.07) is 2.20. The molecule has 0 radical (unpaired) electrons. The maximum Gasteiger partial charge on any atom is 0.230 e. The van der Waals surface area contributed by atoms with Gasteiger partial charge in [-0.15, -0.1) is 0 Å². The van der Waals surface area contributed by atoms with E-state index >= 15 is 0 Å². The largest absolute Gasteiger partial charge is 0.354 e. The van der Waals surface area contributed by atoms with Crippen LogP contribution in [0.3, 0.4) is 0 Å². The minimum atomic E-state index is -0.250. The number of carbonyl (C=O) groups excluding carboxylic acids is 1. The molecule has 3 heterocycles. The van der Waals surface area contributed by atoms with Crippen molar-refractivity contribution in [2.45, 2.75) is 57.4 Å². The Morgan fingerprint density at radius 2 is 1.88 bits per heavy atom.